The Morgan fingerprint density at radius 1 is 1.00 bits per heavy atom. The summed E-state index contributed by atoms with van der Waals surface area (Å²) in [4.78, 5) is 52.7. The molecule has 1 amide bonds. The molecule has 58 heavy (non-hydrogen) atoms. The molecule has 6 heterocycles. The van der Waals surface area contributed by atoms with Crippen molar-refractivity contribution in [2.45, 2.75) is 77.2 Å². The molecule has 15 heteroatoms. The lowest BCUT2D eigenvalue weighted by molar-refractivity contribution is -0.133. The standard InChI is InChI=1S/C31H25F2N5O5.C7H12FN.C5H10O/c1-4-20-23(32)8-5-16-11-19(42-2)12-21(26(16)20)28-27(33)29-22(13-34-28)30(36-31(35-29)43-3)37-14-17-6-7-18(15-37)38(17)24(39)9-10-25(40)41;8-6-4-7-2-1-3-9(7)5-6;1-5(2,3)4-6/h1,5,8-13,17-18H,6-7,14-15H2,2-3H3,(H,40,41);6-7H,1-5H2;4H,1-3H3/b10-9-;;/t;6-,7?;/m.1./s1. The highest BCUT2D eigenvalue weighted by atomic mass is 19.1. The second-order valence-corrected chi connectivity index (χ2v) is 15.9. The highest BCUT2D eigenvalue weighted by Crippen LogP contribution is 2.40. The van der Waals surface area contributed by atoms with E-state index in [1.54, 1.807) is 17.0 Å². The van der Waals surface area contributed by atoms with Crippen LogP contribution < -0.4 is 14.4 Å². The second-order valence-electron chi connectivity index (χ2n) is 15.9. The molecule has 4 atom stereocenters. The fraction of sp³-hybridized carbons (Fsp3) is 0.442. The zero-order chi connectivity index (χ0) is 41.9. The molecular weight excluding hydrogens is 754 g/mol. The fourth-order valence-corrected chi connectivity index (χ4v) is 8.09. The van der Waals surface area contributed by atoms with Gasteiger partial charge in [-0.15, -0.1) is 6.42 Å². The highest BCUT2D eigenvalue weighted by Gasteiger charge is 2.43. The van der Waals surface area contributed by atoms with E-state index in [9.17, 15) is 23.2 Å². The van der Waals surface area contributed by atoms with Crippen molar-refractivity contribution in [3.63, 3.8) is 0 Å². The Morgan fingerprint density at radius 2 is 1.71 bits per heavy atom. The molecule has 4 aliphatic rings. The van der Waals surface area contributed by atoms with E-state index >= 15 is 4.39 Å². The number of aromatic nitrogens is 3. The SMILES string of the molecule is C#Cc1c(F)ccc2cc(OC)cc(-c3ncc4c(N5CC6CCC(C5)N6C(=O)/C=C\C(=O)O)nc(OC)nc4c3F)c12.CC(C)(C)C=O.F[C@@H]1CC2CCCN2C1. The predicted octanol–water partition coefficient (Wildman–Crippen LogP) is 6.37. The number of nitrogens with zero attached hydrogens (tertiary/aromatic N) is 6. The first-order valence-corrected chi connectivity index (χ1v) is 19.2. The van der Waals surface area contributed by atoms with Gasteiger partial charge in [0.2, 0.25) is 5.91 Å². The van der Waals surface area contributed by atoms with Crippen LogP contribution in [-0.4, -0.2) is 113 Å². The summed E-state index contributed by atoms with van der Waals surface area (Å²) >= 11 is 0. The smallest absolute Gasteiger partial charge is 0.328 e. The van der Waals surface area contributed by atoms with Crippen LogP contribution in [0.2, 0.25) is 0 Å². The molecule has 4 fully saturated rings. The van der Waals surface area contributed by atoms with Gasteiger partial charge in [-0.2, -0.15) is 9.97 Å². The summed E-state index contributed by atoms with van der Waals surface area (Å²) in [6.45, 7) is 8.25. The first kappa shape index (κ1) is 41.9. The van der Waals surface area contributed by atoms with E-state index in [1.807, 2.05) is 25.7 Å². The summed E-state index contributed by atoms with van der Waals surface area (Å²) in [6, 6.07) is 6.16. The van der Waals surface area contributed by atoms with Crippen molar-refractivity contribution in [3.8, 4) is 35.4 Å². The molecule has 3 unspecified atom stereocenters. The number of carboxylic acids is 1. The molecule has 0 spiro atoms. The number of amides is 1. The molecule has 1 N–H and O–H groups in total. The number of aliphatic carboxylic acids is 1. The molecular formula is C43H47F3N6O6. The van der Waals surface area contributed by atoms with Gasteiger partial charge in [0.05, 0.1) is 25.2 Å². The number of pyridine rings is 1. The van der Waals surface area contributed by atoms with Crippen LogP contribution in [0.3, 0.4) is 0 Å². The number of alkyl halides is 1. The van der Waals surface area contributed by atoms with Gasteiger partial charge in [-0.1, -0.05) is 32.8 Å². The van der Waals surface area contributed by atoms with E-state index in [-0.39, 0.29) is 51.8 Å². The van der Waals surface area contributed by atoms with Crippen LogP contribution in [0.1, 0.15) is 58.4 Å². The molecule has 12 nitrogen and oxygen atoms in total. The normalized spacial score (nSPS) is 21.2. The van der Waals surface area contributed by atoms with E-state index in [2.05, 4.69) is 25.8 Å². The molecule has 4 aromatic rings. The number of piperazine rings is 1. The van der Waals surface area contributed by atoms with Gasteiger partial charge in [0.1, 0.15) is 41.1 Å². The summed E-state index contributed by atoms with van der Waals surface area (Å²) in [5.41, 5.74) is -0.0963. The molecule has 0 saturated carbocycles. The van der Waals surface area contributed by atoms with Gasteiger partial charge in [0.15, 0.2) is 5.82 Å². The van der Waals surface area contributed by atoms with E-state index < -0.39 is 23.8 Å². The molecule has 306 valence electrons. The van der Waals surface area contributed by atoms with Gasteiger partial charge in [-0.05, 0) is 62.2 Å². The molecule has 2 bridgehead atoms. The zero-order valence-electron chi connectivity index (χ0n) is 33.2. The van der Waals surface area contributed by atoms with E-state index in [1.165, 1.54) is 45.4 Å². The van der Waals surface area contributed by atoms with Gasteiger partial charge in [-0.3, -0.25) is 14.7 Å². The van der Waals surface area contributed by atoms with E-state index in [0.29, 0.717) is 53.4 Å². The van der Waals surface area contributed by atoms with Gasteiger partial charge in [0, 0.05) is 72.5 Å². The number of anilines is 1. The number of benzene rings is 2. The minimum atomic E-state index is -1.20. The van der Waals surface area contributed by atoms with Crippen LogP contribution in [0.4, 0.5) is 19.0 Å². The molecule has 0 radical (unpaired) electrons. The van der Waals surface area contributed by atoms with Crippen molar-refractivity contribution in [1.82, 2.24) is 24.8 Å². The third-order valence-electron chi connectivity index (χ3n) is 10.7. The largest absolute Gasteiger partial charge is 0.497 e. The number of hydrogen-bond donors (Lipinski definition) is 1. The molecule has 2 aromatic carbocycles. The summed E-state index contributed by atoms with van der Waals surface area (Å²) in [6.07, 6.45) is 14.2. The number of methoxy groups -OCH3 is 2. The number of aldehydes is 1. The lowest BCUT2D eigenvalue weighted by atomic mass is 9.95. The maximum atomic E-state index is 16.5. The highest BCUT2D eigenvalue weighted by molar-refractivity contribution is 6.03. The number of ether oxygens (including phenoxy) is 2. The van der Waals surface area contributed by atoms with Crippen molar-refractivity contribution >= 4 is 45.7 Å². The zero-order valence-corrected chi connectivity index (χ0v) is 33.2. The molecule has 4 aliphatic heterocycles. The second kappa shape index (κ2) is 17.4. The quantitative estimate of drug-likeness (QED) is 0.132. The Hall–Kier alpha value is -5.75. The molecule has 2 aromatic heterocycles. The molecule has 4 saturated heterocycles. The number of carboxylic acid groups (broad SMARTS) is 1. The predicted molar refractivity (Wildman–Crippen MR) is 214 cm³/mol. The number of carbonyl (C=O) groups is 3. The third-order valence-corrected chi connectivity index (χ3v) is 10.7. The van der Waals surface area contributed by atoms with Crippen LogP contribution in [0, 0.1) is 29.4 Å². The topological polar surface area (TPSA) is 138 Å². The lowest BCUT2D eigenvalue weighted by Crippen LogP contribution is -2.55. The minimum Gasteiger partial charge on any atom is -0.497 e. The van der Waals surface area contributed by atoms with E-state index in [4.69, 9.17) is 21.0 Å². The van der Waals surface area contributed by atoms with Crippen molar-refractivity contribution in [2.24, 2.45) is 5.41 Å². The average molecular weight is 801 g/mol. The lowest BCUT2D eigenvalue weighted by Gasteiger charge is -2.41. The Kier molecular flexibility index (Phi) is 12.6. The molecule has 0 aliphatic carbocycles. The Labute approximate surface area is 335 Å². The third kappa shape index (κ3) is 8.87. The summed E-state index contributed by atoms with van der Waals surface area (Å²) in [5, 5.41) is 10.1. The van der Waals surface area contributed by atoms with Gasteiger partial charge in [-0.25, -0.2) is 18.0 Å². The van der Waals surface area contributed by atoms with Crippen LogP contribution >= 0.6 is 0 Å². The van der Waals surface area contributed by atoms with Crippen molar-refractivity contribution in [1.29, 1.82) is 0 Å². The number of fused-ring (bicyclic) bond motifs is 5. The van der Waals surface area contributed by atoms with Crippen LogP contribution in [0.25, 0.3) is 32.9 Å². The summed E-state index contributed by atoms with van der Waals surface area (Å²) in [5.74, 6) is 0.186. The average Bonchev–Trinajstić information content (AvgIpc) is 3.87. The Bertz CT molecular complexity index is 2270. The monoisotopic (exact) mass is 800 g/mol. The van der Waals surface area contributed by atoms with E-state index in [0.717, 1.165) is 44.2 Å². The van der Waals surface area contributed by atoms with Gasteiger partial charge >= 0.3 is 12.0 Å². The first-order valence-electron chi connectivity index (χ1n) is 19.2. The van der Waals surface area contributed by atoms with Crippen molar-refractivity contribution < 1.29 is 42.1 Å². The van der Waals surface area contributed by atoms with Crippen LogP contribution in [0.5, 0.6) is 11.8 Å². The number of halogens is 3. The maximum absolute atomic E-state index is 16.5. The maximum Gasteiger partial charge on any atom is 0.328 e. The van der Waals surface area contributed by atoms with Gasteiger partial charge < -0.3 is 29.2 Å². The fourth-order valence-electron chi connectivity index (χ4n) is 8.09. The minimum absolute atomic E-state index is 0.0292. The van der Waals surface area contributed by atoms with Crippen molar-refractivity contribution in [2.75, 3.05) is 45.3 Å². The number of terminal acetylenes is 1. The number of hydrogen-bond acceptors (Lipinski definition) is 10. The Balaban J connectivity index is 0.000000315. The Morgan fingerprint density at radius 3 is 2.31 bits per heavy atom. The summed E-state index contributed by atoms with van der Waals surface area (Å²) < 4.78 is 54.6. The molecule has 8 rings (SSSR count). The number of carbonyl (C=O) groups excluding carboxylic acids is 2. The number of rotatable bonds is 6. The first-order chi connectivity index (χ1) is 27.7. The van der Waals surface area contributed by atoms with Crippen LogP contribution in [0.15, 0.2) is 42.6 Å². The van der Waals surface area contributed by atoms with Gasteiger partial charge in [0.25, 0.3) is 0 Å². The van der Waals surface area contributed by atoms with Crippen molar-refractivity contribution in [3.05, 3.63) is 59.8 Å². The summed E-state index contributed by atoms with van der Waals surface area (Å²) in [7, 11) is 2.84. The van der Waals surface area contributed by atoms with Crippen LogP contribution in [-0.2, 0) is 14.4 Å².